The lowest BCUT2D eigenvalue weighted by molar-refractivity contribution is -0.135. The molecule has 1 aliphatic heterocycles. The molecule has 0 radical (unpaired) electrons. The molecule has 1 aromatic heterocycles. The fraction of sp³-hybridized carbons (Fsp3) is 0.692. The van der Waals surface area contributed by atoms with Gasteiger partial charge in [0.25, 0.3) is 0 Å². The van der Waals surface area contributed by atoms with E-state index in [1.165, 1.54) is 6.26 Å². The predicted octanol–water partition coefficient (Wildman–Crippen LogP) is 1.41. The minimum atomic E-state index is -0.144. The van der Waals surface area contributed by atoms with Gasteiger partial charge in [-0.25, -0.2) is 4.98 Å². The summed E-state index contributed by atoms with van der Waals surface area (Å²) in [4.78, 5) is 18.4. The maximum absolute atomic E-state index is 12.5. The van der Waals surface area contributed by atoms with Gasteiger partial charge < -0.3 is 14.6 Å². The number of likely N-dealkylation sites (N-methyl/N-ethyl adjacent to an activating group) is 1. The highest BCUT2D eigenvalue weighted by atomic mass is 16.3. The summed E-state index contributed by atoms with van der Waals surface area (Å²) in [6.45, 7) is 5.50. The largest absolute Gasteiger partial charge is 0.447 e. The van der Waals surface area contributed by atoms with E-state index >= 15 is 0 Å². The number of hydrogen-bond acceptors (Lipinski definition) is 4. The molecule has 0 aromatic carbocycles. The van der Waals surface area contributed by atoms with Gasteiger partial charge in [0, 0.05) is 6.54 Å². The first kappa shape index (κ1) is 13.1. The smallest absolute Gasteiger partial charge is 0.240 e. The molecular weight excluding hydrogens is 230 g/mol. The molecule has 1 aliphatic rings. The van der Waals surface area contributed by atoms with Gasteiger partial charge in [0.2, 0.25) is 11.8 Å². The van der Waals surface area contributed by atoms with E-state index < -0.39 is 0 Å². The third kappa shape index (κ3) is 2.56. The van der Waals surface area contributed by atoms with Crippen molar-refractivity contribution in [2.24, 2.45) is 5.41 Å². The molecule has 0 bridgehead atoms. The Kier molecular flexibility index (Phi) is 3.71. The van der Waals surface area contributed by atoms with Crippen LogP contribution >= 0.6 is 0 Å². The molecule has 1 fully saturated rings. The molecule has 0 aliphatic carbocycles. The van der Waals surface area contributed by atoms with Gasteiger partial charge in [0.05, 0.1) is 18.8 Å². The van der Waals surface area contributed by atoms with Gasteiger partial charge in [-0.15, -0.1) is 0 Å². The lowest BCUT2D eigenvalue weighted by atomic mass is 9.80. The minimum absolute atomic E-state index is 0.0167. The van der Waals surface area contributed by atoms with Gasteiger partial charge in [-0.3, -0.25) is 4.79 Å². The quantitative estimate of drug-likeness (QED) is 0.882. The van der Waals surface area contributed by atoms with Crippen molar-refractivity contribution in [2.75, 3.05) is 13.6 Å². The van der Waals surface area contributed by atoms with Gasteiger partial charge in [0.15, 0.2) is 0 Å². The maximum Gasteiger partial charge on any atom is 0.240 e. The zero-order valence-electron chi connectivity index (χ0n) is 11.3. The van der Waals surface area contributed by atoms with Crippen molar-refractivity contribution >= 4 is 5.91 Å². The summed E-state index contributed by atoms with van der Waals surface area (Å²) in [7, 11) is 1.85. The summed E-state index contributed by atoms with van der Waals surface area (Å²) < 4.78 is 5.22. The molecule has 0 saturated carbocycles. The highest BCUT2D eigenvalue weighted by Crippen LogP contribution is 2.31. The monoisotopic (exact) mass is 251 g/mol. The van der Waals surface area contributed by atoms with Gasteiger partial charge in [0.1, 0.15) is 6.26 Å². The van der Waals surface area contributed by atoms with Gasteiger partial charge >= 0.3 is 0 Å². The number of amides is 1. The Bertz CT molecular complexity index is 400. The van der Waals surface area contributed by atoms with E-state index in [2.05, 4.69) is 24.1 Å². The Labute approximate surface area is 108 Å². The van der Waals surface area contributed by atoms with Crippen LogP contribution in [-0.2, 0) is 11.3 Å². The van der Waals surface area contributed by atoms with Gasteiger partial charge in [-0.2, -0.15) is 0 Å². The second-order valence-corrected chi connectivity index (χ2v) is 5.50. The Morgan fingerprint density at radius 3 is 3.00 bits per heavy atom. The zero-order chi connectivity index (χ0) is 13.2. The van der Waals surface area contributed by atoms with Crippen molar-refractivity contribution in [1.82, 2.24) is 15.2 Å². The summed E-state index contributed by atoms with van der Waals surface area (Å²) in [6.07, 6.45) is 5.19. The number of hydrogen-bond donors (Lipinski definition) is 1. The van der Waals surface area contributed by atoms with Crippen LogP contribution in [0.5, 0.6) is 0 Å². The lowest BCUT2D eigenvalue weighted by Gasteiger charge is -2.32. The number of carbonyl (C=O) groups is 1. The number of nitrogens with one attached hydrogen (secondary N) is 1. The zero-order valence-corrected chi connectivity index (χ0v) is 11.3. The Morgan fingerprint density at radius 2 is 2.39 bits per heavy atom. The van der Waals surface area contributed by atoms with E-state index in [-0.39, 0.29) is 17.4 Å². The molecule has 18 heavy (non-hydrogen) atoms. The molecule has 100 valence electrons. The van der Waals surface area contributed by atoms with E-state index in [0.717, 1.165) is 19.4 Å². The number of oxazole rings is 1. The topological polar surface area (TPSA) is 58.4 Å². The third-order valence-corrected chi connectivity index (χ3v) is 3.69. The molecule has 2 rings (SSSR count). The molecule has 2 heterocycles. The molecule has 1 aromatic rings. The van der Waals surface area contributed by atoms with Crippen LogP contribution in [0.15, 0.2) is 16.9 Å². The molecule has 5 nitrogen and oxygen atoms in total. The van der Waals surface area contributed by atoms with E-state index in [1.54, 1.807) is 6.20 Å². The van der Waals surface area contributed by atoms with Crippen molar-refractivity contribution < 1.29 is 9.21 Å². The molecule has 5 heteroatoms. The first-order valence-electron chi connectivity index (χ1n) is 6.39. The number of rotatable bonds is 3. The summed E-state index contributed by atoms with van der Waals surface area (Å²) in [5, 5.41) is 3.15. The van der Waals surface area contributed by atoms with Crippen LogP contribution < -0.4 is 5.32 Å². The normalized spacial score (nSPS) is 24.1. The summed E-state index contributed by atoms with van der Waals surface area (Å²) >= 11 is 0. The number of aromatic nitrogens is 1. The number of carbonyl (C=O) groups excluding carboxylic acids is 1. The summed E-state index contributed by atoms with van der Waals surface area (Å²) in [5.74, 6) is 0.733. The van der Waals surface area contributed by atoms with Crippen molar-refractivity contribution in [3.8, 4) is 0 Å². The third-order valence-electron chi connectivity index (χ3n) is 3.69. The average molecular weight is 251 g/mol. The SMILES string of the molecule is CNC1C(=O)N(Cc2ncco2)CCCC1(C)C. The Hall–Kier alpha value is -1.36. The Morgan fingerprint density at radius 1 is 1.61 bits per heavy atom. The van der Waals surface area contributed by atoms with Crippen LogP contribution in [-0.4, -0.2) is 35.4 Å². The van der Waals surface area contributed by atoms with Crippen molar-refractivity contribution in [3.63, 3.8) is 0 Å². The highest BCUT2D eigenvalue weighted by molar-refractivity contribution is 5.83. The predicted molar refractivity (Wildman–Crippen MR) is 67.8 cm³/mol. The van der Waals surface area contributed by atoms with Crippen molar-refractivity contribution in [1.29, 1.82) is 0 Å². The first-order valence-corrected chi connectivity index (χ1v) is 6.39. The Balaban J connectivity index is 2.14. The minimum Gasteiger partial charge on any atom is -0.447 e. The highest BCUT2D eigenvalue weighted by Gasteiger charge is 2.38. The van der Waals surface area contributed by atoms with E-state index in [4.69, 9.17) is 4.42 Å². The second kappa shape index (κ2) is 5.10. The molecule has 1 unspecified atom stereocenters. The summed E-state index contributed by atoms with van der Waals surface area (Å²) in [6, 6.07) is -0.144. The molecule has 0 spiro atoms. The van der Waals surface area contributed by atoms with E-state index in [1.807, 2.05) is 11.9 Å². The standard InChI is InChI=1S/C13H21N3O2/c1-13(2)5-4-7-16(12(17)11(13)14-3)9-10-15-6-8-18-10/h6,8,11,14H,4-5,7,9H2,1-3H3. The average Bonchev–Trinajstić information content (AvgIpc) is 2.77. The van der Waals surface area contributed by atoms with Gasteiger partial charge in [-0.05, 0) is 25.3 Å². The lowest BCUT2D eigenvalue weighted by Crippen LogP contribution is -2.50. The molecular formula is C13H21N3O2. The van der Waals surface area contributed by atoms with Gasteiger partial charge in [-0.1, -0.05) is 13.8 Å². The number of likely N-dealkylation sites (tertiary alicyclic amines) is 1. The van der Waals surface area contributed by atoms with E-state index in [9.17, 15) is 4.79 Å². The van der Waals surface area contributed by atoms with Crippen molar-refractivity contribution in [3.05, 3.63) is 18.4 Å². The maximum atomic E-state index is 12.5. The van der Waals surface area contributed by atoms with Crippen LogP contribution in [0.3, 0.4) is 0 Å². The van der Waals surface area contributed by atoms with Crippen LogP contribution in [0, 0.1) is 5.41 Å². The molecule has 1 amide bonds. The van der Waals surface area contributed by atoms with Crippen LogP contribution in [0.2, 0.25) is 0 Å². The molecule has 1 N–H and O–H groups in total. The molecule has 1 atom stereocenters. The second-order valence-electron chi connectivity index (χ2n) is 5.50. The van der Waals surface area contributed by atoms with Crippen LogP contribution in [0.4, 0.5) is 0 Å². The fourth-order valence-electron chi connectivity index (χ4n) is 2.66. The van der Waals surface area contributed by atoms with Crippen LogP contribution in [0.1, 0.15) is 32.6 Å². The molecule has 1 saturated heterocycles. The van der Waals surface area contributed by atoms with Crippen molar-refractivity contribution in [2.45, 2.75) is 39.3 Å². The van der Waals surface area contributed by atoms with Crippen LogP contribution in [0.25, 0.3) is 0 Å². The van der Waals surface area contributed by atoms with E-state index in [0.29, 0.717) is 12.4 Å². The summed E-state index contributed by atoms with van der Waals surface area (Å²) in [5.41, 5.74) is -0.0167. The fourth-order valence-corrected chi connectivity index (χ4v) is 2.66. The first-order chi connectivity index (χ1) is 8.54. The number of nitrogens with zero attached hydrogens (tertiary/aromatic N) is 2.